The maximum Gasteiger partial charge on any atom is 0.238 e. The van der Waals surface area contributed by atoms with Gasteiger partial charge in [0.2, 0.25) is 5.91 Å². The van der Waals surface area contributed by atoms with Crippen LogP contribution in [0.15, 0.2) is 24.3 Å². The average molecular weight is 274 g/mol. The number of rotatable bonds is 5. The quantitative estimate of drug-likeness (QED) is 0.901. The lowest BCUT2D eigenvalue weighted by Gasteiger charge is -2.17. The third kappa shape index (κ3) is 2.82. The zero-order valence-corrected chi connectivity index (χ0v) is 12.6. The Morgan fingerprint density at radius 3 is 2.75 bits per heavy atom. The molecule has 108 valence electrons. The Bertz CT molecular complexity index is 603. The monoisotopic (exact) mass is 274 g/mol. The van der Waals surface area contributed by atoms with Crippen LogP contribution in [0.25, 0.3) is 10.9 Å². The average Bonchev–Trinajstić information content (AvgIpc) is 2.82. The van der Waals surface area contributed by atoms with E-state index in [4.69, 9.17) is 0 Å². The van der Waals surface area contributed by atoms with Crippen molar-refractivity contribution in [3.63, 3.8) is 0 Å². The molecule has 5 nitrogen and oxygen atoms in total. The zero-order valence-electron chi connectivity index (χ0n) is 12.6. The molecule has 0 aliphatic carbocycles. The fraction of sp³-hybridized carbons (Fsp3) is 0.467. The van der Waals surface area contributed by atoms with Crippen LogP contribution in [0.1, 0.15) is 19.5 Å². The van der Waals surface area contributed by atoms with Gasteiger partial charge in [-0.15, -0.1) is 0 Å². The lowest BCUT2D eigenvalue weighted by molar-refractivity contribution is -0.130. The van der Waals surface area contributed by atoms with E-state index >= 15 is 0 Å². The largest absolute Gasteiger partial charge is 0.347 e. The van der Waals surface area contributed by atoms with Crippen LogP contribution in [0.2, 0.25) is 0 Å². The predicted octanol–water partition coefficient (Wildman–Crippen LogP) is 1.62. The summed E-state index contributed by atoms with van der Waals surface area (Å²) in [5.74, 6) is 0.0734. The number of aryl methyl sites for hydroxylation is 1. The van der Waals surface area contributed by atoms with Gasteiger partial charge in [0.05, 0.1) is 17.3 Å². The minimum atomic E-state index is -0.212. The molecule has 1 aromatic carbocycles. The van der Waals surface area contributed by atoms with Crippen molar-refractivity contribution in [3.05, 3.63) is 30.0 Å². The number of hydrogen-bond acceptors (Lipinski definition) is 3. The van der Waals surface area contributed by atoms with E-state index in [1.807, 2.05) is 23.7 Å². The fourth-order valence-electron chi connectivity index (χ4n) is 2.29. The highest BCUT2D eigenvalue weighted by Crippen LogP contribution is 2.18. The summed E-state index contributed by atoms with van der Waals surface area (Å²) in [5.41, 5.74) is 2.12. The molecule has 0 aliphatic rings. The summed E-state index contributed by atoms with van der Waals surface area (Å²) in [6.07, 6.45) is 0. The molecule has 2 rings (SSSR count). The first-order valence-corrected chi connectivity index (χ1v) is 6.93. The molecular formula is C15H22N4O. The predicted molar refractivity (Wildman–Crippen MR) is 80.4 cm³/mol. The third-order valence-corrected chi connectivity index (χ3v) is 3.42. The van der Waals surface area contributed by atoms with Gasteiger partial charge in [-0.25, -0.2) is 0 Å². The van der Waals surface area contributed by atoms with Gasteiger partial charge in [0.25, 0.3) is 0 Å². The van der Waals surface area contributed by atoms with Gasteiger partial charge >= 0.3 is 0 Å². The Morgan fingerprint density at radius 1 is 1.40 bits per heavy atom. The van der Waals surface area contributed by atoms with Gasteiger partial charge in [0, 0.05) is 32.6 Å². The van der Waals surface area contributed by atoms with Gasteiger partial charge in [-0.3, -0.25) is 9.48 Å². The van der Waals surface area contributed by atoms with E-state index in [0.29, 0.717) is 6.54 Å². The number of nitrogens with one attached hydrogen (secondary N) is 1. The Kier molecular flexibility index (Phi) is 4.39. The van der Waals surface area contributed by atoms with Crippen molar-refractivity contribution >= 4 is 16.8 Å². The molecule has 0 saturated carbocycles. The summed E-state index contributed by atoms with van der Waals surface area (Å²) < 4.78 is 1.99. The van der Waals surface area contributed by atoms with E-state index < -0.39 is 0 Å². The van der Waals surface area contributed by atoms with Crippen LogP contribution in [0.5, 0.6) is 0 Å². The number of amides is 1. The van der Waals surface area contributed by atoms with Crippen molar-refractivity contribution in [1.29, 1.82) is 0 Å². The highest BCUT2D eigenvalue weighted by atomic mass is 16.2. The number of hydrogen-bond donors (Lipinski definition) is 1. The fourth-order valence-corrected chi connectivity index (χ4v) is 2.29. The number of aromatic nitrogens is 2. The molecule has 1 aromatic heterocycles. The molecule has 20 heavy (non-hydrogen) atoms. The van der Waals surface area contributed by atoms with Crippen molar-refractivity contribution < 1.29 is 4.79 Å². The number of likely N-dealkylation sites (N-methyl/N-ethyl adjacent to an activating group) is 1. The van der Waals surface area contributed by atoms with Crippen LogP contribution in [0, 0.1) is 0 Å². The zero-order chi connectivity index (χ0) is 14.7. The minimum Gasteiger partial charge on any atom is -0.347 e. The number of fused-ring (bicyclic) bond motifs is 1. The van der Waals surface area contributed by atoms with E-state index in [2.05, 4.69) is 29.5 Å². The molecule has 0 saturated heterocycles. The Labute approximate surface area is 119 Å². The maximum atomic E-state index is 11.8. The maximum absolute atomic E-state index is 11.8. The van der Waals surface area contributed by atoms with Crippen LogP contribution in [0.3, 0.4) is 0 Å². The lowest BCUT2D eigenvalue weighted by atomic mass is 10.2. The highest BCUT2D eigenvalue weighted by Gasteiger charge is 2.15. The summed E-state index contributed by atoms with van der Waals surface area (Å²) >= 11 is 0. The first-order chi connectivity index (χ1) is 9.54. The molecule has 2 aromatic rings. The normalized spacial score (nSPS) is 12.6. The number of carbonyl (C=O) groups is 1. The second-order valence-electron chi connectivity index (χ2n) is 5.11. The smallest absolute Gasteiger partial charge is 0.238 e. The third-order valence-electron chi connectivity index (χ3n) is 3.42. The summed E-state index contributed by atoms with van der Waals surface area (Å²) in [6, 6.07) is 7.97. The molecule has 1 atom stereocenters. The van der Waals surface area contributed by atoms with Crippen molar-refractivity contribution in [2.45, 2.75) is 33.0 Å². The van der Waals surface area contributed by atoms with Gasteiger partial charge in [-0.2, -0.15) is 5.10 Å². The van der Waals surface area contributed by atoms with Crippen molar-refractivity contribution in [3.8, 4) is 0 Å². The second-order valence-corrected chi connectivity index (χ2v) is 5.11. The first kappa shape index (κ1) is 14.5. The first-order valence-electron chi connectivity index (χ1n) is 6.93. The molecule has 1 N–H and O–H groups in total. The number of nitrogens with zero attached hydrogens (tertiary/aromatic N) is 3. The molecular weight excluding hydrogens is 252 g/mol. The Hall–Kier alpha value is -1.88. The molecule has 0 bridgehead atoms. The molecule has 0 spiro atoms. The number of benzene rings is 1. The molecule has 0 fully saturated rings. The van der Waals surface area contributed by atoms with Gasteiger partial charge in [0.1, 0.15) is 0 Å². The molecule has 5 heteroatoms. The second kappa shape index (κ2) is 6.05. The van der Waals surface area contributed by atoms with Crippen molar-refractivity contribution in [2.75, 3.05) is 14.1 Å². The SMILES string of the molecule is CCn1nc(CNC(C)C(=O)N(C)C)c2ccccc21. The minimum absolute atomic E-state index is 0.0734. The van der Waals surface area contributed by atoms with Crippen LogP contribution in [0.4, 0.5) is 0 Å². The summed E-state index contributed by atoms with van der Waals surface area (Å²) in [4.78, 5) is 13.4. The highest BCUT2D eigenvalue weighted by molar-refractivity contribution is 5.82. The van der Waals surface area contributed by atoms with Crippen molar-refractivity contribution in [1.82, 2.24) is 20.0 Å². The Morgan fingerprint density at radius 2 is 2.10 bits per heavy atom. The topological polar surface area (TPSA) is 50.2 Å². The molecule has 1 unspecified atom stereocenters. The van der Waals surface area contributed by atoms with Gasteiger partial charge in [0.15, 0.2) is 0 Å². The molecule has 1 heterocycles. The van der Waals surface area contributed by atoms with Crippen LogP contribution >= 0.6 is 0 Å². The van der Waals surface area contributed by atoms with Gasteiger partial charge in [-0.1, -0.05) is 18.2 Å². The van der Waals surface area contributed by atoms with Gasteiger partial charge in [-0.05, 0) is 19.9 Å². The van der Waals surface area contributed by atoms with E-state index in [-0.39, 0.29) is 11.9 Å². The standard InChI is InChI=1S/C15H22N4O/c1-5-19-14-9-7-6-8-12(14)13(17-19)10-16-11(2)15(20)18(3)4/h6-9,11,16H,5,10H2,1-4H3. The summed E-state index contributed by atoms with van der Waals surface area (Å²) in [5, 5.41) is 9.00. The van der Waals surface area contributed by atoms with E-state index in [9.17, 15) is 4.79 Å². The molecule has 0 aliphatic heterocycles. The summed E-state index contributed by atoms with van der Waals surface area (Å²) in [6.45, 7) is 5.39. The Balaban J connectivity index is 2.16. The summed E-state index contributed by atoms with van der Waals surface area (Å²) in [7, 11) is 3.53. The molecule has 1 amide bonds. The van der Waals surface area contributed by atoms with E-state index in [1.54, 1.807) is 19.0 Å². The van der Waals surface area contributed by atoms with Gasteiger partial charge < -0.3 is 10.2 Å². The van der Waals surface area contributed by atoms with E-state index in [0.717, 1.165) is 23.1 Å². The van der Waals surface area contributed by atoms with Crippen LogP contribution in [-0.4, -0.2) is 40.7 Å². The van der Waals surface area contributed by atoms with Crippen molar-refractivity contribution in [2.24, 2.45) is 0 Å². The van der Waals surface area contributed by atoms with Crippen LogP contribution < -0.4 is 5.32 Å². The van der Waals surface area contributed by atoms with E-state index in [1.165, 1.54) is 0 Å². The number of para-hydroxylation sites is 1. The van der Waals surface area contributed by atoms with Crippen LogP contribution in [-0.2, 0) is 17.9 Å². The molecule has 0 radical (unpaired) electrons. The number of carbonyl (C=O) groups excluding carboxylic acids is 1. The lowest BCUT2D eigenvalue weighted by Crippen LogP contribution is -2.41.